The minimum Gasteiger partial charge on any atom is -0.389 e. The highest BCUT2D eigenvalue weighted by molar-refractivity contribution is 5.55. The summed E-state index contributed by atoms with van der Waals surface area (Å²) in [6.45, 7) is 9.11. The third-order valence-electron chi connectivity index (χ3n) is 3.21. The van der Waals surface area contributed by atoms with Crippen molar-refractivity contribution in [2.75, 3.05) is 44.4 Å². The van der Waals surface area contributed by atoms with Crippen LogP contribution >= 0.6 is 0 Å². The minimum atomic E-state index is -0.858. The van der Waals surface area contributed by atoms with Crippen molar-refractivity contribution in [2.24, 2.45) is 0 Å². The lowest BCUT2D eigenvalue weighted by molar-refractivity contribution is 0.141. The number of anilines is 1. The average Bonchev–Trinajstić information content (AvgIpc) is 2.45. The normalized spacial score (nSPS) is 12.4. The molecule has 0 fully saturated rings. The van der Waals surface area contributed by atoms with Gasteiger partial charge in [0.15, 0.2) is 0 Å². The van der Waals surface area contributed by atoms with Gasteiger partial charge in [-0.2, -0.15) is 0 Å². The fraction of sp³-hybridized carbons (Fsp3) is 0.625. The zero-order valence-electron chi connectivity index (χ0n) is 13.1. The highest BCUT2D eigenvalue weighted by Crippen LogP contribution is 2.28. The molecule has 1 N–H and O–H groups in total. The van der Waals surface area contributed by atoms with Gasteiger partial charge in [-0.05, 0) is 32.9 Å². The van der Waals surface area contributed by atoms with Gasteiger partial charge < -0.3 is 19.5 Å². The molecule has 0 saturated heterocycles. The summed E-state index contributed by atoms with van der Waals surface area (Å²) in [5, 5.41) is 9.85. The Morgan fingerprint density at radius 1 is 1.14 bits per heavy atom. The molecule has 120 valence electrons. The lowest BCUT2D eigenvalue weighted by Gasteiger charge is -2.28. The van der Waals surface area contributed by atoms with Gasteiger partial charge >= 0.3 is 0 Å². The zero-order valence-corrected chi connectivity index (χ0v) is 13.1. The van der Waals surface area contributed by atoms with Crippen LogP contribution in [0.5, 0.6) is 0 Å². The smallest absolute Gasteiger partial charge is 0.131 e. The van der Waals surface area contributed by atoms with Crippen molar-refractivity contribution in [2.45, 2.75) is 26.9 Å². The Morgan fingerprint density at radius 2 is 1.71 bits per heavy atom. The molecule has 4 nitrogen and oxygen atoms in total. The second kappa shape index (κ2) is 9.71. The SMILES string of the molecule is CCOCCN(CCOCC)c1cccc(F)c1C(C)O. The van der Waals surface area contributed by atoms with Gasteiger partial charge in [0.25, 0.3) is 0 Å². The van der Waals surface area contributed by atoms with Crippen LogP contribution in [0.1, 0.15) is 32.4 Å². The number of rotatable bonds is 10. The first-order valence-electron chi connectivity index (χ1n) is 7.48. The molecular formula is C16H26FNO3. The molecule has 0 saturated carbocycles. The fourth-order valence-electron chi connectivity index (χ4n) is 2.21. The second-order valence-corrected chi connectivity index (χ2v) is 4.73. The van der Waals surface area contributed by atoms with Crippen LogP contribution in [-0.4, -0.2) is 44.6 Å². The zero-order chi connectivity index (χ0) is 15.7. The number of halogens is 1. The van der Waals surface area contributed by atoms with E-state index in [2.05, 4.69) is 0 Å². The predicted octanol–water partition coefficient (Wildman–Crippen LogP) is 2.76. The maximum atomic E-state index is 14.0. The molecular weight excluding hydrogens is 273 g/mol. The molecule has 5 heteroatoms. The molecule has 0 aliphatic rings. The van der Waals surface area contributed by atoms with Crippen LogP contribution in [0.3, 0.4) is 0 Å². The molecule has 1 atom stereocenters. The molecule has 1 unspecified atom stereocenters. The van der Waals surface area contributed by atoms with E-state index in [1.165, 1.54) is 6.07 Å². The third-order valence-corrected chi connectivity index (χ3v) is 3.21. The van der Waals surface area contributed by atoms with Crippen LogP contribution in [0, 0.1) is 5.82 Å². The Kier molecular flexibility index (Phi) is 8.27. The van der Waals surface area contributed by atoms with Crippen LogP contribution in [-0.2, 0) is 9.47 Å². The first-order valence-corrected chi connectivity index (χ1v) is 7.48. The van der Waals surface area contributed by atoms with E-state index >= 15 is 0 Å². The van der Waals surface area contributed by atoms with Gasteiger partial charge in [0.05, 0.1) is 19.3 Å². The van der Waals surface area contributed by atoms with Gasteiger partial charge in [0.1, 0.15) is 5.82 Å². The Morgan fingerprint density at radius 3 is 2.19 bits per heavy atom. The lowest BCUT2D eigenvalue weighted by atomic mass is 10.1. The number of nitrogens with zero attached hydrogens (tertiary/aromatic N) is 1. The van der Waals surface area contributed by atoms with Crippen LogP contribution in [0.4, 0.5) is 10.1 Å². The van der Waals surface area contributed by atoms with E-state index in [0.29, 0.717) is 50.8 Å². The molecule has 0 bridgehead atoms. The van der Waals surface area contributed by atoms with E-state index in [1.807, 2.05) is 24.8 Å². The summed E-state index contributed by atoms with van der Waals surface area (Å²) in [5.74, 6) is -0.389. The van der Waals surface area contributed by atoms with Crippen molar-refractivity contribution < 1.29 is 19.0 Å². The van der Waals surface area contributed by atoms with Gasteiger partial charge in [-0.1, -0.05) is 6.07 Å². The molecule has 0 amide bonds. The quantitative estimate of drug-likeness (QED) is 0.675. The molecule has 0 spiro atoms. The van der Waals surface area contributed by atoms with Crippen LogP contribution in [0.25, 0.3) is 0 Å². The van der Waals surface area contributed by atoms with E-state index in [-0.39, 0.29) is 5.82 Å². The van der Waals surface area contributed by atoms with Gasteiger partial charge in [0.2, 0.25) is 0 Å². The molecule has 0 heterocycles. The van der Waals surface area contributed by atoms with Crippen LogP contribution < -0.4 is 4.90 Å². The summed E-state index contributed by atoms with van der Waals surface area (Å²) in [5.41, 5.74) is 1.02. The number of benzene rings is 1. The summed E-state index contributed by atoms with van der Waals surface area (Å²) < 4.78 is 24.8. The van der Waals surface area contributed by atoms with Crippen molar-refractivity contribution in [3.8, 4) is 0 Å². The van der Waals surface area contributed by atoms with E-state index < -0.39 is 6.10 Å². The predicted molar refractivity (Wildman–Crippen MR) is 82.2 cm³/mol. The van der Waals surface area contributed by atoms with Gasteiger partial charge in [-0.3, -0.25) is 0 Å². The van der Waals surface area contributed by atoms with Crippen molar-refractivity contribution >= 4 is 5.69 Å². The number of aliphatic hydroxyl groups excluding tert-OH is 1. The molecule has 0 aliphatic heterocycles. The summed E-state index contributed by atoms with van der Waals surface area (Å²) >= 11 is 0. The summed E-state index contributed by atoms with van der Waals surface area (Å²) in [6, 6.07) is 4.85. The van der Waals surface area contributed by atoms with Gasteiger partial charge in [0, 0.05) is 37.6 Å². The second-order valence-electron chi connectivity index (χ2n) is 4.73. The molecule has 0 aliphatic carbocycles. The number of hydrogen-bond donors (Lipinski definition) is 1. The number of hydrogen-bond acceptors (Lipinski definition) is 4. The van der Waals surface area contributed by atoms with Crippen molar-refractivity contribution in [1.29, 1.82) is 0 Å². The monoisotopic (exact) mass is 299 g/mol. The summed E-state index contributed by atoms with van der Waals surface area (Å²) in [6.07, 6.45) is -0.858. The first-order chi connectivity index (χ1) is 10.1. The highest BCUT2D eigenvalue weighted by Gasteiger charge is 2.18. The van der Waals surface area contributed by atoms with Crippen LogP contribution in [0.15, 0.2) is 18.2 Å². The molecule has 1 aromatic carbocycles. The van der Waals surface area contributed by atoms with Crippen molar-refractivity contribution in [3.05, 3.63) is 29.6 Å². The number of ether oxygens (including phenoxy) is 2. The summed E-state index contributed by atoms with van der Waals surface area (Å²) in [7, 11) is 0. The maximum absolute atomic E-state index is 14.0. The standard InChI is InChI=1S/C16H26FNO3/c1-4-20-11-9-18(10-12-21-5-2)15-8-6-7-14(17)16(15)13(3)19/h6-8,13,19H,4-5,9-12H2,1-3H3. The molecule has 0 aromatic heterocycles. The first kappa shape index (κ1) is 17.9. The summed E-state index contributed by atoms with van der Waals surface area (Å²) in [4.78, 5) is 2.00. The fourth-order valence-corrected chi connectivity index (χ4v) is 2.21. The van der Waals surface area contributed by atoms with Crippen molar-refractivity contribution in [1.82, 2.24) is 0 Å². The van der Waals surface area contributed by atoms with E-state index in [9.17, 15) is 9.50 Å². The number of aliphatic hydroxyl groups is 1. The maximum Gasteiger partial charge on any atom is 0.131 e. The lowest BCUT2D eigenvalue weighted by Crippen LogP contribution is -2.32. The molecule has 1 rings (SSSR count). The van der Waals surface area contributed by atoms with Crippen molar-refractivity contribution in [3.63, 3.8) is 0 Å². The molecule has 21 heavy (non-hydrogen) atoms. The van der Waals surface area contributed by atoms with E-state index in [1.54, 1.807) is 13.0 Å². The Bertz CT molecular complexity index is 403. The topological polar surface area (TPSA) is 41.9 Å². The Hall–Kier alpha value is -1.17. The van der Waals surface area contributed by atoms with E-state index in [0.717, 1.165) is 0 Å². The van der Waals surface area contributed by atoms with Gasteiger partial charge in [-0.25, -0.2) is 4.39 Å². The molecule has 0 radical (unpaired) electrons. The third kappa shape index (κ3) is 5.61. The Labute approximate surface area is 126 Å². The van der Waals surface area contributed by atoms with E-state index in [4.69, 9.17) is 9.47 Å². The Balaban J connectivity index is 2.92. The largest absolute Gasteiger partial charge is 0.389 e. The minimum absolute atomic E-state index is 0.325. The average molecular weight is 299 g/mol. The molecule has 1 aromatic rings. The van der Waals surface area contributed by atoms with Crippen LogP contribution in [0.2, 0.25) is 0 Å². The highest BCUT2D eigenvalue weighted by atomic mass is 19.1. The van der Waals surface area contributed by atoms with Gasteiger partial charge in [-0.15, -0.1) is 0 Å².